The second kappa shape index (κ2) is 10.3. The van der Waals surface area contributed by atoms with Gasteiger partial charge in [0.1, 0.15) is 0 Å². The Balaban J connectivity index is 1.77. The Morgan fingerprint density at radius 3 is 2.60 bits per heavy atom. The van der Waals surface area contributed by atoms with Crippen molar-refractivity contribution in [2.75, 3.05) is 39.4 Å². The number of rotatable bonds is 9. The van der Waals surface area contributed by atoms with E-state index >= 15 is 0 Å². The Bertz CT molecular complexity index is 939. The van der Waals surface area contributed by atoms with E-state index in [1.165, 1.54) is 16.8 Å². The Kier molecular flexibility index (Phi) is 7.53. The molecule has 0 spiro atoms. The van der Waals surface area contributed by atoms with Crippen molar-refractivity contribution in [3.63, 3.8) is 0 Å². The highest BCUT2D eigenvalue weighted by atomic mass is 16.6. The zero-order chi connectivity index (χ0) is 21.5. The Morgan fingerprint density at radius 1 is 1.27 bits per heavy atom. The maximum atomic E-state index is 13.1. The lowest BCUT2D eigenvalue weighted by atomic mass is 10.1. The van der Waals surface area contributed by atoms with Crippen LogP contribution in [0.15, 0.2) is 34.1 Å². The summed E-state index contributed by atoms with van der Waals surface area (Å²) in [5, 5.41) is 14.0. The summed E-state index contributed by atoms with van der Waals surface area (Å²) in [5.74, 6) is 0. The average molecular weight is 415 g/mol. The van der Waals surface area contributed by atoms with Crippen LogP contribution in [0.1, 0.15) is 37.9 Å². The van der Waals surface area contributed by atoms with Crippen molar-refractivity contribution in [3.8, 4) is 5.69 Å². The molecule has 9 nitrogen and oxygen atoms in total. The number of non-ortho nitro benzene ring substituents is 1. The van der Waals surface area contributed by atoms with Crippen LogP contribution in [0.4, 0.5) is 5.69 Å². The van der Waals surface area contributed by atoms with Gasteiger partial charge in [0.15, 0.2) is 0 Å². The molecule has 2 aromatic rings. The predicted octanol–water partition coefficient (Wildman–Crippen LogP) is 2.56. The van der Waals surface area contributed by atoms with Gasteiger partial charge in [-0.05, 0) is 31.9 Å². The fourth-order valence-electron chi connectivity index (χ4n) is 3.64. The molecule has 2 heterocycles. The van der Waals surface area contributed by atoms with E-state index < -0.39 is 4.92 Å². The van der Waals surface area contributed by atoms with E-state index in [0.717, 1.165) is 63.5 Å². The third kappa shape index (κ3) is 5.22. The van der Waals surface area contributed by atoms with Crippen LogP contribution < -0.4 is 5.56 Å². The van der Waals surface area contributed by atoms with Crippen LogP contribution >= 0.6 is 0 Å². The second-order valence-corrected chi connectivity index (χ2v) is 7.40. The number of aromatic amines is 1. The highest BCUT2D eigenvalue weighted by molar-refractivity contribution is 5.99. The van der Waals surface area contributed by atoms with Crippen molar-refractivity contribution in [2.45, 2.75) is 33.1 Å². The van der Waals surface area contributed by atoms with E-state index in [0.29, 0.717) is 17.8 Å². The van der Waals surface area contributed by atoms with E-state index in [1.54, 1.807) is 12.1 Å². The SMILES string of the molecule is CCCc1[nH]n(-c2ccc([N+](=O)[O-])cc2)c(=O)c1C(C)=NCCCN1CCOCC1. The van der Waals surface area contributed by atoms with E-state index in [9.17, 15) is 14.9 Å². The van der Waals surface area contributed by atoms with Gasteiger partial charge in [0, 0.05) is 49.7 Å². The number of nitro benzene ring substituents is 1. The van der Waals surface area contributed by atoms with Crippen LogP contribution in [0.2, 0.25) is 0 Å². The Labute approximate surface area is 175 Å². The number of hydrogen-bond acceptors (Lipinski definition) is 6. The zero-order valence-electron chi connectivity index (χ0n) is 17.6. The number of nitro groups is 1. The maximum Gasteiger partial charge on any atom is 0.280 e. The molecule has 0 amide bonds. The summed E-state index contributed by atoms with van der Waals surface area (Å²) in [6, 6.07) is 5.94. The lowest BCUT2D eigenvalue weighted by molar-refractivity contribution is -0.384. The number of nitrogens with zero attached hydrogens (tertiary/aromatic N) is 4. The smallest absolute Gasteiger partial charge is 0.280 e. The quantitative estimate of drug-likeness (QED) is 0.293. The first-order valence-corrected chi connectivity index (χ1v) is 10.4. The molecule has 1 N–H and O–H groups in total. The Morgan fingerprint density at radius 2 is 1.97 bits per heavy atom. The molecule has 0 bridgehead atoms. The minimum Gasteiger partial charge on any atom is -0.379 e. The lowest BCUT2D eigenvalue weighted by Crippen LogP contribution is -2.37. The van der Waals surface area contributed by atoms with Crippen LogP contribution in [0.3, 0.4) is 0 Å². The molecule has 0 unspecified atom stereocenters. The van der Waals surface area contributed by atoms with Crippen LogP contribution in [0.5, 0.6) is 0 Å². The minimum absolute atomic E-state index is 0.00892. The number of benzene rings is 1. The molecular weight excluding hydrogens is 386 g/mol. The summed E-state index contributed by atoms with van der Waals surface area (Å²) in [5.41, 5.74) is 2.54. The molecule has 1 aliphatic heterocycles. The van der Waals surface area contributed by atoms with Crippen molar-refractivity contribution >= 4 is 11.4 Å². The van der Waals surface area contributed by atoms with Crippen molar-refractivity contribution in [1.29, 1.82) is 0 Å². The molecule has 1 fully saturated rings. The number of ether oxygens (including phenoxy) is 1. The fraction of sp³-hybridized carbons (Fsp3) is 0.524. The lowest BCUT2D eigenvalue weighted by Gasteiger charge is -2.26. The van der Waals surface area contributed by atoms with E-state index in [4.69, 9.17) is 4.74 Å². The van der Waals surface area contributed by atoms with Gasteiger partial charge in [-0.2, -0.15) is 0 Å². The third-order valence-electron chi connectivity index (χ3n) is 5.23. The summed E-state index contributed by atoms with van der Waals surface area (Å²) in [7, 11) is 0. The largest absolute Gasteiger partial charge is 0.379 e. The van der Waals surface area contributed by atoms with Gasteiger partial charge in [-0.25, -0.2) is 4.68 Å². The topological polar surface area (TPSA) is 106 Å². The fourth-order valence-corrected chi connectivity index (χ4v) is 3.64. The first-order chi connectivity index (χ1) is 14.5. The highest BCUT2D eigenvalue weighted by Crippen LogP contribution is 2.15. The monoisotopic (exact) mass is 415 g/mol. The van der Waals surface area contributed by atoms with Crippen molar-refractivity contribution in [3.05, 3.63) is 56.0 Å². The normalized spacial score (nSPS) is 15.5. The van der Waals surface area contributed by atoms with E-state index in [2.05, 4.69) is 21.9 Å². The number of aryl methyl sites for hydroxylation is 1. The first-order valence-electron chi connectivity index (χ1n) is 10.4. The van der Waals surface area contributed by atoms with Crippen LogP contribution in [0, 0.1) is 10.1 Å². The summed E-state index contributed by atoms with van der Waals surface area (Å²) in [6.07, 6.45) is 2.55. The van der Waals surface area contributed by atoms with Crippen molar-refractivity contribution in [1.82, 2.24) is 14.7 Å². The predicted molar refractivity (Wildman–Crippen MR) is 116 cm³/mol. The van der Waals surface area contributed by atoms with E-state index in [-0.39, 0.29) is 11.2 Å². The summed E-state index contributed by atoms with van der Waals surface area (Å²) >= 11 is 0. The molecule has 162 valence electrons. The van der Waals surface area contributed by atoms with Gasteiger partial charge in [0.05, 0.1) is 29.4 Å². The average Bonchev–Trinajstić information content (AvgIpc) is 3.08. The third-order valence-corrected chi connectivity index (χ3v) is 5.23. The molecule has 0 saturated carbocycles. The van der Waals surface area contributed by atoms with Gasteiger partial charge in [-0.3, -0.25) is 29.9 Å². The first kappa shape index (κ1) is 21.9. The molecule has 1 saturated heterocycles. The second-order valence-electron chi connectivity index (χ2n) is 7.40. The minimum atomic E-state index is -0.455. The van der Waals surface area contributed by atoms with Gasteiger partial charge in [-0.1, -0.05) is 13.3 Å². The van der Waals surface area contributed by atoms with Gasteiger partial charge in [0.25, 0.3) is 11.2 Å². The number of hydrogen-bond donors (Lipinski definition) is 1. The number of aliphatic imine (C=N–C) groups is 1. The molecule has 0 aliphatic carbocycles. The standard InChI is InChI=1S/C21H29N5O4/c1-3-5-19-20(16(2)22-10-4-11-24-12-14-30-15-13-24)21(27)25(23-19)17-6-8-18(9-7-17)26(28)29/h6-9,23H,3-5,10-15H2,1-2H3. The van der Waals surface area contributed by atoms with Gasteiger partial charge >= 0.3 is 0 Å². The highest BCUT2D eigenvalue weighted by Gasteiger charge is 2.18. The molecular formula is C21H29N5O4. The molecule has 0 radical (unpaired) electrons. The van der Waals surface area contributed by atoms with Gasteiger partial charge in [-0.15, -0.1) is 0 Å². The van der Waals surface area contributed by atoms with Crippen molar-refractivity contribution in [2.24, 2.45) is 4.99 Å². The molecule has 30 heavy (non-hydrogen) atoms. The molecule has 3 rings (SSSR count). The number of H-pyrrole nitrogens is 1. The Hall–Kier alpha value is -2.78. The zero-order valence-corrected chi connectivity index (χ0v) is 17.6. The van der Waals surface area contributed by atoms with Gasteiger partial charge in [0.2, 0.25) is 0 Å². The van der Waals surface area contributed by atoms with Crippen LogP contribution in [-0.4, -0.2) is 64.7 Å². The van der Waals surface area contributed by atoms with Crippen molar-refractivity contribution < 1.29 is 9.66 Å². The summed E-state index contributed by atoms with van der Waals surface area (Å²) in [6.45, 7) is 9.06. The van der Waals surface area contributed by atoms with E-state index in [1.807, 2.05) is 6.92 Å². The molecule has 1 aliphatic rings. The molecule has 9 heteroatoms. The maximum absolute atomic E-state index is 13.1. The molecule has 1 aromatic carbocycles. The van der Waals surface area contributed by atoms with Gasteiger partial charge < -0.3 is 4.74 Å². The molecule has 0 atom stereocenters. The molecule has 1 aromatic heterocycles. The number of aromatic nitrogens is 2. The van der Waals surface area contributed by atoms with Crippen LogP contribution in [-0.2, 0) is 11.2 Å². The summed E-state index contributed by atoms with van der Waals surface area (Å²) in [4.78, 5) is 30.6. The van der Waals surface area contributed by atoms with Crippen LogP contribution in [0.25, 0.3) is 5.69 Å². The number of nitrogens with one attached hydrogen (secondary N) is 1. The summed E-state index contributed by atoms with van der Waals surface area (Å²) < 4.78 is 6.81. The number of morpholine rings is 1.